The normalized spacial score (nSPS) is 34.4. The smallest absolute Gasteiger partial charge is 0.155 e. The van der Waals surface area contributed by atoms with E-state index in [0.29, 0.717) is 18.3 Å². The molecule has 1 aromatic heterocycles. The van der Waals surface area contributed by atoms with Crippen molar-refractivity contribution in [1.82, 2.24) is 4.98 Å². The second kappa shape index (κ2) is 2.64. The number of fused-ring (bicyclic) bond motifs is 3. The molecule has 0 radical (unpaired) electrons. The monoisotopic (exact) mass is 188 g/mol. The number of carbonyl (C=O) groups is 1. The largest absolute Gasteiger partial charge is 0.321 e. The number of carbonyl (C=O) groups excluding carboxylic acids is 1. The summed E-state index contributed by atoms with van der Waals surface area (Å²) in [6.45, 7) is 0. The molecule has 2 aliphatic carbocycles. The first-order valence-corrected chi connectivity index (χ1v) is 4.99. The Bertz CT molecular complexity index is 402. The summed E-state index contributed by atoms with van der Waals surface area (Å²) in [4.78, 5) is 15.9. The summed E-state index contributed by atoms with van der Waals surface area (Å²) >= 11 is 0. The molecule has 1 saturated carbocycles. The van der Waals surface area contributed by atoms with Gasteiger partial charge in [-0.05, 0) is 29.9 Å². The second-order valence-electron chi connectivity index (χ2n) is 4.21. The number of pyridine rings is 1. The molecule has 0 bridgehead atoms. The summed E-state index contributed by atoms with van der Waals surface area (Å²) in [6.07, 6.45) is 3.23. The van der Waals surface area contributed by atoms with E-state index in [-0.39, 0.29) is 11.8 Å². The predicted octanol–water partition coefficient (Wildman–Crippen LogP) is 0.638. The van der Waals surface area contributed by atoms with E-state index in [1.165, 1.54) is 5.56 Å². The summed E-state index contributed by atoms with van der Waals surface area (Å²) in [7, 11) is 0. The van der Waals surface area contributed by atoms with E-state index in [4.69, 9.17) is 5.73 Å². The van der Waals surface area contributed by atoms with Crippen LogP contribution >= 0.6 is 0 Å². The number of hydrogen-bond acceptors (Lipinski definition) is 3. The van der Waals surface area contributed by atoms with Gasteiger partial charge in [-0.25, -0.2) is 0 Å². The lowest BCUT2D eigenvalue weighted by Gasteiger charge is -2.05. The summed E-state index contributed by atoms with van der Waals surface area (Å²) in [5, 5.41) is 0. The lowest BCUT2D eigenvalue weighted by Crippen LogP contribution is -2.33. The van der Waals surface area contributed by atoms with Gasteiger partial charge in [-0.15, -0.1) is 0 Å². The highest BCUT2D eigenvalue weighted by molar-refractivity contribution is 5.87. The molecule has 0 amide bonds. The van der Waals surface area contributed by atoms with E-state index in [1.54, 1.807) is 6.20 Å². The Balaban J connectivity index is 2.09. The summed E-state index contributed by atoms with van der Waals surface area (Å²) in [5.41, 5.74) is 8.06. The van der Waals surface area contributed by atoms with Crippen LogP contribution in [0.15, 0.2) is 18.3 Å². The first kappa shape index (κ1) is 8.12. The highest BCUT2D eigenvalue weighted by atomic mass is 16.1. The van der Waals surface area contributed by atoms with Crippen molar-refractivity contribution in [2.75, 3.05) is 0 Å². The van der Waals surface area contributed by atoms with Gasteiger partial charge >= 0.3 is 0 Å². The molecule has 1 heterocycles. The van der Waals surface area contributed by atoms with Gasteiger partial charge in [0, 0.05) is 6.20 Å². The molecule has 3 nitrogen and oxygen atoms in total. The molecule has 0 saturated heterocycles. The van der Waals surface area contributed by atoms with E-state index in [9.17, 15) is 4.79 Å². The fraction of sp³-hybridized carbons (Fsp3) is 0.455. The molecular weight excluding hydrogens is 176 g/mol. The number of hydrogen-bond donors (Lipinski definition) is 1. The molecule has 2 N–H and O–H groups in total. The van der Waals surface area contributed by atoms with Crippen molar-refractivity contribution in [3.63, 3.8) is 0 Å². The summed E-state index contributed by atoms with van der Waals surface area (Å²) in [5.74, 6) is 1.03. The standard InChI is InChI=1S/C11H12N2O/c12-11-8-4-7(8)6-2-1-3-13-9(6)5-10(11)14/h1-3,7-8,11H,4-5,12H2/t7-,8-,11-/m0/s1. The number of nitrogens with two attached hydrogens (primary N) is 1. The highest BCUT2D eigenvalue weighted by Crippen LogP contribution is 2.51. The van der Waals surface area contributed by atoms with Gasteiger partial charge in [-0.1, -0.05) is 6.07 Å². The quantitative estimate of drug-likeness (QED) is 0.650. The van der Waals surface area contributed by atoms with Crippen LogP contribution in [0, 0.1) is 5.92 Å². The minimum absolute atomic E-state index is 0.148. The minimum atomic E-state index is -0.255. The maximum atomic E-state index is 11.6. The Morgan fingerprint density at radius 1 is 1.50 bits per heavy atom. The maximum Gasteiger partial charge on any atom is 0.155 e. The lowest BCUT2D eigenvalue weighted by atomic mass is 10.1. The topological polar surface area (TPSA) is 56.0 Å². The van der Waals surface area contributed by atoms with E-state index >= 15 is 0 Å². The summed E-state index contributed by atoms with van der Waals surface area (Å²) in [6, 6.07) is 3.77. The number of ketones is 1. The number of Topliss-reactive ketones (excluding diaryl/α,β-unsaturated/α-hetero) is 1. The molecule has 2 aliphatic rings. The van der Waals surface area contributed by atoms with Crippen LogP contribution in [0.1, 0.15) is 23.6 Å². The van der Waals surface area contributed by atoms with Crippen LogP contribution in [-0.4, -0.2) is 16.8 Å². The molecule has 14 heavy (non-hydrogen) atoms. The third-order valence-corrected chi connectivity index (χ3v) is 3.34. The molecule has 3 heteroatoms. The Morgan fingerprint density at radius 3 is 3.21 bits per heavy atom. The van der Waals surface area contributed by atoms with E-state index < -0.39 is 0 Å². The van der Waals surface area contributed by atoms with Crippen LogP contribution in [0.2, 0.25) is 0 Å². The van der Waals surface area contributed by atoms with Crippen molar-refractivity contribution in [1.29, 1.82) is 0 Å². The predicted molar refractivity (Wildman–Crippen MR) is 51.8 cm³/mol. The molecule has 1 fully saturated rings. The van der Waals surface area contributed by atoms with Crippen molar-refractivity contribution >= 4 is 5.78 Å². The zero-order valence-electron chi connectivity index (χ0n) is 7.81. The van der Waals surface area contributed by atoms with Crippen molar-refractivity contribution in [3.05, 3.63) is 29.6 Å². The van der Waals surface area contributed by atoms with Gasteiger partial charge in [-0.3, -0.25) is 9.78 Å². The second-order valence-corrected chi connectivity index (χ2v) is 4.21. The van der Waals surface area contributed by atoms with Crippen molar-refractivity contribution in [3.8, 4) is 0 Å². The SMILES string of the molecule is N[C@@H]1C(=O)Cc2ncccc2[C@@H]2C[C@H]12. The van der Waals surface area contributed by atoms with Crippen LogP contribution < -0.4 is 5.73 Å². The Hall–Kier alpha value is -1.22. The average Bonchev–Trinajstić information content (AvgIpc) is 2.96. The zero-order valence-corrected chi connectivity index (χ0v) is 7.81. The van der Waals surface area contributed by atoms with Crippen molar-refractivity contribution in [2.24, 2.45) is 11.7 Å². The number of rotatable bonds is 0. The Morgan fingerprint density at radius 2 is 2.36 bits per heavy atom. The molecular formula is C11H12N2O. The Labute approximate surface area is 82.3 Å². The minimum Gasteiger partial charge on any atom is -0.321 e. The zero-order chi connectivity index (χ0) is 9.71. The fourth-order valence-corrected chi connectivity index (χ4v) is 2.43. The van der Waals surface area contributed by atoms with Crippen molar-refractivity contribution in [2.45, 2.75) is 24.8 Å². The Kier molecular flexibility index (Phi) is 1.53. The van der Waals surface area contributed by atoms with Crippen LogP contribution in [0.5, 0.6) is 0 Å². The van der Waals surface area contributed by atoms with E-state index in [1.807, 2.05) is 6.07 Å². The van der Waals surface area contributed by atoms with Gasteiger partial charge in [0.1, 0.15) is 0 Å². The average molecular weight is 188 g/mol. The third kappa shape index (κ3) is 1.02. The first-order valence-electron chi connectivity index (χ1n) is 4.99. The van der Waals surface area contributed by atoms with Gasteiger partial charge < -0.3 is 5.73 Å². The fourth-order valence-electron chi connectivity index (χ4n) is 2.43. The van der Waals surface area contributed by atoms with Gasteiger partial charge in [-0.2, -0.15) is 0 Å². The molecule has 3 atom stereocenters. The number of aromatic nitrogens is 1. The van der Waals surface area contributed by atoms with Crippen LogP contribution in [-0.2, 0) is 11.2 Å². The molecule has 3 rings (SSSR count). The first-order chi connectivity index (χ1) is 6.77. The van der Waals surface area contributed by atoms with Gasteiger partial charge in [0.05, 0.1) is 18.2 Å². The molecule has 0 aromatic carbocycles. The van der Waals surface area contributed by atoms with Gasteiger partial charge in [0.25, 0.3) is 0 Å². The molecule has 1 aromatic rings. The van der Waals surface area contributed by atoms with E-state index in [2.05, 4.69) is 11.1 Å². The van der Waals surface area contributed by atoms with Gasteiger partial charge in [0.2, 0.25) is 0 Å². The van der Waals surface area contributed by atoms with Gasteiger partial charge in [0.15, 0.2) is 5.78 Å². The van der Waals surface area contributed by atoms with Crippen LogP contribution in [0.25, 0.3) is 0 Å². The van der Waals surface area contributed by atoms with Crippen LogP contribution in [0.4, 0.5) is 0 Å². The summed E-state index contributed by atoms with van der Waals surface area (Å²) < 4.78 is 0. The number of nitrogens with zero attached hydrogens (tertiary/aromatic N) is 1. The molecule has 0 spiro atoms. The van der Waals surface area contributed by atoms with Crippen LogP contribution in [0.3, 0.4) is 0 Å². The third-order valence-electron chi connectivity index (χ3n) is 3.34. The molecule has 0 unspecified atom stereocenters. The lowest BCUT2D eigenvalue weighted by molar-refractivity contribution is -0.120. The van der Waals surface area contributed by atoms with Crippen molar-refractivity contribution < 1.29 is 4.79 Å². The highest BCUT2D eigenvalue weighted by Gasteiger charge is 2.48. The molecule has 0 aliphatic heterocycles. The van der Waals surface area contributed by atoms with E-state index in [0.717, 1.165) is 12.1 Å². The maximum absolute atomic E-state index is 11.6. The molecule has 72 valence electrons.